The van der Waals surface area contributed by atoms with Crippen molar-refractivity contribution in [3.8, 4) is 0 Å². The van der Waals surface area contributed by atoms with Crippen molar-refractivity contribution in [2.75, 3.05) is 16.8 Å². The van der Waals surface area contributed by atoms with E-state index in [1.807, 2.05) is 20.8 Å². The summed E-state index contributed by atoms with van der Waals surface area (Å²) in [6, 6.07) is 12.2. The van der Waals surface area contributed by atoms with Crippen molar-refractivity contribution in [2.45, 2.75) is 26.3 Å². The molecule has 1 aliphatic rings. The van der Waals surface area contributed by atoms with Gasteiger partial charge in [-0.1, -0.05) is 6.07 Å². The molecule has 0 saturated carbocycles. The van der Waals surface area contributed by atoms with Crippen molar-refractivity contribution < 1.29 is 9.59 Å². The Morgan fingerprint density at radius 1 is 1.14 bits per heavy atom. The van der Waals surface area contributed by atoms with Crippen LogP contribution in [0.4, 0.5) is 17.1 Å². The summed E-state index contributed by atoms with van der Waals surface area (Å²) in [7, 11) is 1.58. The Bertz CT molecular complexity index is 1020. The lowest BCUT2D eigenvalue weighted by Crippen LogP contribution is -2.44. The van der Waals surface area contributed by atoms with Gasteiger partial charge in [0.05, 0.1) is 6.57 Å². The largest absolute Gasteiger partial charge is 0.355 e. The van der Waals surface area contributed by atoms with E-state index in [1.54, 1.807) is 54.4 Å². The maximum Gasteiger partial charge on any atom is 0.259 e. The number of aryl methyl sites for hydroxylation is 1. The summed E-state index contributed by atoms with van der Waals surface area (Å²) < 4.78 is 0. The van der Waals surface area contributed by atoms with Gasteiger partial charge in [0.2, 0.25) is 0 Å². The number of amides is 2. The molecule has 3 rings (SSSR count). The minimum atomic E-state index is -0.891. The van der Waals surface area contributed by atoms with Crippen LogP contribution >= 0.6 is 12.2 Å². The first-order chi connectivity index (χ1) is 13.2. The smallest absolute Gasteiger partial charge is 0.259 e. The first kappa shape index (κ1) is 19.5. The van der Waals surface area contributed by atoms with Gasteiger partial charge in [-0.2, -0.15) is 0 Å². The summed E-state index contributed by atoms with van der Waals surface area (Å²) in [5.74, 6) is -0.328. The molecule has 1 N–H and O–H groups in total. The number of anilines is 2. The van der Waals surface area contributed by atoms with Crippen LogP contribution < -0.4 is 15.1 Å². The Morgan fingerprint density at radius 3 is 2.29 bits per heavy atom. The molecule has 0 aromatic heterocycles. The van der Waals surface area contributed by atoms with Crippen LogP contribution in [0.2, 0.25) is 0 Å². The van der Waals surface area contributed by atoms with E-state index in [0.717, 1.165) is 11.3 Å². The van der Waals surface area contributed by atoms with E-state index in [1.165, 1.54) is 4.90 Å². The van der Waals surface area contributed by atoms with Crippen LogP contribution in [0.1, 0.15) is 29.8 Å². The molecule has 0 bridgehead atoms. The van der Waals surface area contributed by atoms with Crippen LogP contribution in [0.5, 0.6) is 0 Å². The molecule has 1 aliphatic heterocycles. The maximum atomic E-state index is 13.2. The van der Waals surface area contributed by atoms with Gasteiger partial charge in [-0.15, -0.1) is 0 Å². The lowest BCUT2D eigenvalue weighted by Gasteiger charge is -2.29. The van der Waals surface area contributed by atoms with Crippen LogP contribution in [0.15, 0.2) is 42.5 Å². The van der Waals surface area contributed by atoms with Gasteiger partial charge < -0.3 is 10.2 Å². The number of nitrogens with zero attached hydrogens (tertiary/aromatic N) is 3. The molecule has 0 unspecified atom stereocenters. The van der Waals surface area contributed by atoms with Crippen molar-refractivity contribution in [3.05, 3.63) is 65.0 Å². The summed E-state index contributed by atoms with van der Waals surface area (Å²) >= 11 is 5.65. The molecule has 6 nitrogen and oxygen atoms in total. The van der Waals surface area contributed by atoms with Gasteiger partial charge in [0, 0.05) is 24.0 Å². The quantitative estimate of drug-likeness (QED) is 0.637. The molecule has 1 saturated heterocycles. The number of carbonyl (C=O) groups excluding carboxylic acids is 2. The highest BCUT2D eigenvalue weighted by Crippen LogP contribution is 2.37. The number of carbonyl (C=O) groups is 2. The van der Waals surface area contributed by atoms with E-state index in [9.17, 15) is 9.59 Å². The van der Waals surface area contributed by atoms with Crippen LogP contribution in [-0.2, 0) is 4.79 Å². The van der Waals surface area contributed by atoms with Crippen molar-refractivity contribution in [3.63, 3.8) is 0 Å². The van der Waals surface area contributed by atoms with Gasteiger partial charge in [0.1, 0.15) is 5.54 Å². The third kappa shape index (κ3) is 3.02. The highest BCUT2D eigenvalue weighted by molar-refractivity contribution is 7.81. The lowest BCUT2D eigenvalue weighted by molar-refractivity contribution is -0.120. The summed E-state index contributed by atoms with van der Waals surface area (Å²) in [6.07, 6.45) is 0. The van der Waals surface area contributed by atoms with Crippen LogP contribution in [-0.4, -0.2) is 29.5 Å². The standard InChI is InChI=1S/C21H20N4O2S/c1-13-12-16(10-11-17(13)22-4)24-19(27)21(2,3)25(20(24)28)15-8-6-14(7-9-15)18(26)23-5/h6-12H,1-3,5H3,(H,23,26). The zero-order chi connectivity index (χ0) is 20.6. The van der Waals surface area contributed by atoms with Crippen molar-refractivity contribution in [1.82, 2.24) is 5.32 Å². The van der Waals surface area contributed by atoms with Crippen molar-refractivity contribution in [1.29, 1.82) is 0 Å². The zero-order valence-corrected chi connectivity index (χ0v) is 16.9. The lowest BCUT2D eigenvalue weighted by atomic mass is 10.0. The van der Waals surface area contributed by atoms with E-state index in [-0.39, 0.29) is 11.8 Å². The fourth-order valence-electron chi connectivity index (χ4n) is 3.27. The second-order valence-corrected chi connectivity index (χ2v) is 7.39. The average Bonchev–Trinajstić information content (AvgIpc) is 2.85. The van der Waals surface area contributed by atoms with Gasteiger partial charge in [-0.3, -0.25) is 14.5 Å². The predicted molar refractivity (Wildman–Crippen MR) is 114 cm³/mol. The van der Waals surface area contributed by atoms with Crippen LogP contribution in [0.3, 0.4) is 0 Å². The Hall–Kier alpha value is -3.24. The Morgan fingerprint density at radius 2 is 1.75 bits per heavy atom. The van der Waals surface area contributed by atoms with Gasteiger partial charge in [-0.05, 0) is 75.0 Å². The van der Waals surface area contributed by atoms with Crippen molar-refractivity contribution in [2.24, 2.45) is 0 Å². The fourth-order valence-corrected chi connectivity index (χ4v) is 3.79. The molecular weight excluding hydrogens is 372 g/mol. The second-order valence-electron chi connectivity index (χ2n) is 7.03. The first-order valence-electron chi connectivity index (χ1n) is 8.71. The second kappa shape index (κ2) is 7.06. The number of benzene rings is 2. The molecule has 2 amide bonds. The molecule has 0 atom stereocenters. The summed E-state index contributed by atoms with van der Waals surface area (Å²) in [4.78, 5) is 31.7. The number of hydrogen-bond acceptors (Lipinski definition) is 3. The molecule has 2 aromatic carbocycles. The summed E-state index contributed by atoms with van der Waals surface area (Å²) in [5.41, 5.74) is 2.34. The fraction of sp³-hybridized carbons (Fsp3) is 0.238. The highest BCUT2D eigenvalue weighted by Gasteiger charge is 2.50. The Balaban J connectivity index is 2.01. The molecule has 2 aromatic rings. The molecule has 1 fully saturated rings. The Labute approximate surface area is 169 Å². The summed E-state index contributed by atoms with van der Waals surface area (Å²) in [5, 5.41) is 2.94. The molecule has 28 heavy (non-hydrogen) atoms. The summed E-state index contributed by atoms with van der Waals surface area (Å²) in [6.45, 7) is 12.7. The monoisotopic (exact) mass is 392 g/mol. The minimum Gasteiger partial charge on any atom is -0.355 e. The van der Waals surface area contributed by atoms with E-state index >= 15 is 0 Å². The molecule has 0 radical (unpaired) electrons. The SMILES string of the molecule is [C-]#[N+]c1ccc(N2C(=O)C(C)(C)N(c3ccc(C(=O)NC)cc3)C2=S)cc1C. The number of thiocarbonyl (C=S) groups is 1. The normalized spacial score (nSPS) is 15.5. The van der Waals surface area contributed by atoms with E-state index < -0.39 is 5.54 Å². The van der Waals surface area contributed by atoms with Crippen molar-refractivity contribution >= 4 is 46.2 Å². The maximum absolute atomic E-state index is 13.2. The number of rotatable bonds is 3. The van der Waals surface area contributed by atoms with Gasteiger partial charge in [-0.25, -0.2) is 4.85 Å². The third-order valence-corrected chi connectivity index (χ3v) is 5.21. The average molecular weight is 392 g/mol. The predicted octanol–water partition coefficient (Wildman–Crippen LogP) is 3.82. The van der Waals surface area contributed by atoms with Gasteiger partial charge in [0.15, 0.2) is 10.8 Å². The van der Waals surface area contributed by atoms with E-state index in [0.29, 0.717) is 22.1 Å². The van der Waals surface area contributed by atoms with Gasteiger partial charge in [0.25, 0.3) is 11.8 Å². The topological polar surface area (TPSA) is 57.0 Å². The first-order valence-corrected chi connectivity index (χ1v) is 9.12. The molecule has 7 heteroatoms. The molecule has 142 valence electrons. The van der Waals surface area contributed by atoms with E-state index in [4.69, 9.17) is 18.8 Å². The molecular formula is C21H20N4O2S. The number of nitrogens with one attached hydrogen (secondary N) is 1. The minimum absolute atomic E-state index is 0.150. The third-order valence-electron chi connectivity index (χ3n) is 4.84. The molecule has 1 heterocycles. The van der Waals surface area contributed by atoms with Gasteiger partial charge >= 0.3 is 0 Å². The van der Waals surface area contributed by atoms with Crippen LogP contribution in [0.25, 0.3) is 4.85 Å². The highest BCUT2D eigenvalue weighted by atomic mass is 32.1. The molecule has 0 spiro atoms. The Kier molecular flexibility index (Phi) is 4.92. The zero-order valence-electron chi connectivity index (χ0n) is 16.1. The van der Waals surface area contributed by atoms with Crippen LogP contribution in [0, 0.1) is 13.5 Å². The van der Waals surface area contributed by atoms with E-state index in [2.05, 4.69) is 10.2 Å². The molecule has 0 aliphatic carbocycles. The number of hydrogen-bond donors (Lipinski definition) is 1.